The van der Waals surface area contributed by atoms with Crippen LogP contribution in [0, 0.1) is 0 Å². The predicted octanol–water partition coefficient (Wildman–Crippen LogP) is 2.08. The van der Waals surface area contributed by atoms with Crippen molar-refractivity contribution in [1.82, 2.24) is 15.1 Å². The molecule has 2 N–H and O–H groups in total. The Bertz CT molecular complexity index is 490. The van der Waals surface area contributed by atoms with Crippen LogP contribution in [0.3, 0.4) is 0 Å². The topological polar surface area (TPSA) is 50.1 Å². The third kappa shape index (κ3) is 4.19. The summed E-state index contributed by atoms with van der Waals surface area (Å²) in [5, 5.41) is 16.7. The van der Waals surface area contributed by atoms with Gasteiger partial charge in [-0.1, -0.05) is 31.2 Å². The quantitative estimate of drug-likeness (QED) is 0.800. The normalized spacial score (nSPS) is 10.8. The van der Waals surface area contributed by atoms with Crippen molar-refractivity contribution in [3.8, 4) is 0 Å². The summed E-state index contributed by atoms with van der Waals surface area (Å²) in [6, 6.07) is 7.99. The Morgan fingerprint density at radius 1 is 1.11 bits per heavy atom. The average Bonchev–Trinajstić information content (AvgIpc) is 2.88. The minimum atomic E-state index is 0.102. The Hall–Kier alpha value is -1.65. The molecule has 1 aromatic heterocycles. The zero-order chi connectivity index (χ0) is 13.5. The predicted molar refractivity (Wildman–Crippen MR) is 75.4 cm³/mol. The molecule has 0 aliphatic carbocycles. The van der Waals surface area contributed by atoms with E-state index in [1.165, 1.54) is 11.1 Å². The highest BCUT2D eigenvalue weighted by molar-refractivity contribution is 5.21. The van der Waals surface area contributed by atoms with Gasteiger partial charge in [0.1, 0.15) is 0 Å². The fourth-order valence-electron chi connectivity index (χ4n) is 1.96. The number of hydrogen-bond donors (Lipinski definition) is 2. The Balaban J connectivity index is 1.78. The van der Waals surface area contributed by atoms with Gasteiger partial charge in [-0.3, -0.25) is 4.68 Å². The van der Waals surface area contributed by atoms with Gasteiger partial charge in [-0.05, 0) is 17.5 Å². The summed E-state index contributed by atoms with van der Waals surface area (Å²) >= 11 is 0. The highest BCUT2D eigenvalue weighted by atomic mass is 16.3. The number of aliphatic hydroxyl groups excluding tert-OH is 1. The third-order valence-corrected chi connectivity index (χ3v) is 3.00. The van der Waals surface area contributed by atoms with Crippen molar-refractivity contribution in [3.05, 3.63) is 53.3 Å². The van der Waals surface area contributed by atoms with E-state index in [1.54, 1.807) is 0 Å². The van der Waals surface area contributed by atoms with Crippen LogP contribution in [-0.2, 0) is 26.2 Å². The third-order valence-electron chi connectivity index (χ3n) is 3.00. The second kappa shape index (κ2) is 7.07. The molecule has 0 bridgehead atoms. The van der Waals surface area contributed by atoms with Crippen LogP contribution in [0.4, 0.5) is 0 Å². The molecule has 0 saturated carbocycles. The van der Waals surface area contributed by atoms with Crippen molar-refractivity contribution >= 4 is 0 Å². The number of aromatic nitrogens is 2. The van der Waals surface area contributed by atoms with Gasteiger partial charge in [0.05, 0.1) is 12.8 Å². The summed E-state index contributed by atoms with van der Waals surface area (Å²) in [6.45, 7) is 4.87. The highest BCUT2D eigenvalue weighted by Crippen LogP contribution is 2.05. The van der Waals surface area contributed by atoms with E-state index in [1.807, 2.05) is 35.1 Å². The van der Waals surface area contributed by atoms with Crippen LogP contribution >= 0.6 is 0 Å². The molecule has 0 radical (unpaired) electrons. The first-order valence-corrected chi connectivity index (χ1v) is 6.72. The number of rotatable bonds is 7. The number of aryl methyl sites for hydroxylation is 1. The first-order chi connectivity index (χ1) is 9.31. The van der Waals surface area contributed by atoms with E-state index in [9.17, 15) is 0 Å². The average molecular weight is 259 g/mol. The summed E-state index contributed by atoms with van der Waals surface area (Å²) in [7, 11) is 0. The second-order valence-corrected chi connectivity index (χ2v) is 4.69. The highest BCUT2D eigenvalue weighted by Gasteiger charge is 1.98. The van der Waals surface area contributed by atoms with Crippen molar-refractivity contribution in [1.29, 1.82) is 0 Å². The molecule has 1 heterocycles. The van der Waals surface area contributed by atoms with E-state index >= 15 is 0 Å². The monoisotopic (exact) mass is 259 g/mol. The zero-order valence-corrected chi connectivity index (χ0v) is 11.3. The number of aliphatic hydroxyl groups is 1. The van der Waals surface area contributed by atoms with Crippen LogP contribution in [0.2, 0.25) is 0 Å². The van der Waals surface area contributed by atoms with Crippen molar-refractivity contribution in [2.45, 2.75) is 39.6 Å². The standard InChI is InChI=1S/C15H21N3O/c1-2-7-18-11-15(10-17-18)9-16-8-13-3-5-14(12-19)6-4-13/h3-6,10-11,16,19H,2,7-9,12H2,1H3. The van der Waals surface area contributed by atoms with E-state index in [-0.39, 0.29) is 6.61 Å². The van der Waals surface area contributed by atoms with E-state index in [4.69, 9.17) is 5.11 Å². The van der Waals surface area contributed by atoms with Gasteiger partial charge in [0, 0.05) is 31.4 Å². The van der Waals surface area contributed by atoms with Crippen LogP contribution in [0.25, 0.3) is 0 Å². The summed E-state index contributed by atoms with van der Waals surface area (Å²) in [6.07, 6.45) is 5.11. The second-order valence-electron chi connectivity index (χ2n) is 4.69. The van der Waals surface area contributed by atoms with Gasteiger partial charge < -0.3 is 10.4 Å². The van der Waals surface area contributed by atoms with E-state index in [2.05, 4.69) is 23.5 Å². The van der Waals surface area contributed by atoms with E-state index in [0.717, 1.165) is 31.6 Å². The minimum absolute atomic E-state index is 0.102. The van der Waals surface area contributed by atoms with Gasteiger partial charge in [0.15, 0.2) is 0 Å². The lowest BCUT2D eigenvalue weighted by Gasteiger charge is -2.04. The number of nitrogens with zero attached hydrogens (tertiary/aromatic N) is 2. The molecule has 0 atom stereocenters. The molecule has 0 unspecified atom stereocenters. The molecule has 4 nitrogen and oxygen atoms in total. The smallest absolute Gasteiger partial charge is 0.0681 e. The van der Waals surface area contributed by atoms with Crippen LogP contribution in [0.15, 0.2) is 36.7 Å². The molecule has 2 aromatic rings. The van der Waals surface area contributed by atoms with Gasteiger partial charge in [0.2, 0.25) is 0 Å². The van der Waals surface area contributed by atoms with Crippen LogP contribution < -0.4 is 5.32 Å². The molecular weight excluding hydrogens is 238 g/mol. The summed E-state index contributed by atoms with van der Waals surface area (Å²) in [5.74, 6) is 0. The molecule has 0 aliphatic heterocycles. The van der Waals surface area contributed by atoms with Gasteiger partial charge >= 0.3 is 0 Å². The lowest BCUT2D eigenvalue weighted by atomic mass is 10.1. The van der Waals surface area contributed by atoms with Crippen molar-refractivity contribution in [3.63, 3.8) is 0 Å². The molecule has 1 aromatic carbocycles. The molecular formula is C15H21N3O. The van der Waals surface area contributed by atoms with Crippen molar-refractivity contribution < 1.29 is 5.11 Å². The maximum Gasteiger partial charge on any atom is 0.0681 e. The molecule has 102 valence electrons. The van der Waals surface area contributed by atoms with Crippen molar-refractivity contribution in [2.24, 2.45) is 0 Å². The van der Waals surface area contributed by atoms with E-state index in [0.29, 0.717) is 0 Å². The van der Waals surface area contributed by atoms with E-state index < -0.39 is 0 Å². The molecule has 0 fully saturated rings. The van der Waals surface area contributed by atoms with Gasteiger partial charge in [-0.15, -0.1) is 0 Å². The zero-order valence-electron chi connectivity index (χ0n) is 11.3. The summed E-state index contributed by atoms with van der Waals surface area (Å²) < 4.78 is 1.98. The molecule has 0 amide bonds. The van der Waals surface area contributed by atoms with Crippen LogP contribution in [0.5, 0.6) is 0 Å². The minimum Gasteiger partial charge on any atom is -0.392 e. The number of nitrogens with one attached hydrogen (secondary N) is 1. The van der Waals surface area contributed by atoms with Gasteiger partial charge in [-0.25, -0.2) is 0 Å². The molecule has 0 saturated heterocycles. The number of benzene rings is 1. The lowest BCUT2D eigenvalue weighted by molar-refractivity contribution is 0.282. The molecule has 0 spiro atoms. The number of hydrogen-bond acceptors (Lipinski definition) is 3. The Morgan fingerprint density at radius 3 is 2.47 bits per heavy atom. The first kappa shape index (κ1) is 13.8. The van der Waals surface area contributed by atoms with Crippen molar-refractivity contribution in [2.75, 3.05) is 0 Å². The Morgan fingerprint density at radius 2 is 1.79 bits per heavy atom. The van der Waals surface area contributed by atoms with Gasteiger partial charge in [0.25, 0.3) is 0 Å². The molecule has 4 heteroatoms. The fourth-order valence-corrected chi connectivity index (χ4v) is 1.96. The largest absolute Gasteiger partial charge is 0.392 e. The summed E-state index contributed by atoms with van der Waals surface area (Å²) in [4.78, 5) is 0. The Kier molecular flexibility index (Phi) is 5.12. The Labute approximate surface area is 114 Å². The molecule has 2 rings (SSSR count). The van der Waals surface area contributed by atoms with Gasteiger partial charge in [-0.2, -0.15) is 5.10 Å². The van der Waals surface area contributed by atoms with Crippen LogP contribution in [0.1, 0.15) is 30.0 Å². The SMILES string of the molecule is CCCn1cc(CNCc2ccc(CO)cc2)cn1. The maximum absolute atomic E-state index is 8.97. The first-order valence-electron chi connectivity index (χ1n) is 6.72. The molecule has 19 heavy (non-hydrogen) atoms. The molecule has 0 aliphatic rings. The fraction of sp³-hybridized carbons (Fsp3) is 0.400. The van der Waals surface area contributed by atoms with Crippen LogP contribution in [-0.4, -0.2) is 14.9 Å². The maximum atomic E-state index is 8.97. The lowest BCUT2D eigenvalue weighted by Crippen LogP contribution is -2.12. The summed E-state index contributed by atoms with van der Waals surface area (Å²) in [5.41, 5.74) is 3.38.